The number of pyridine rings is 1. The number of rotatable bonds is 4. The highest BCUT2D eigenvalue weighted by Crippen LogP contribution is 2.30. The quantitative estimate of drug-likeness (QED) is 0.586. The lowest BCUT2D eigenvalue weighted by Gasteiger charge is -2.12. The first-order valence-electron chi connectivity index (χ1n) is 6.57. The summed E-state index contributed by atoms with van der Waals surface area (Å²) < 4.78 is 6.88. The number of alkyl halides is 1. The summed E-state index contributed by atoms with van der Waals surface area (Å²) in [6.07, 6.45) is 3.55. The topological polar surface area (TPSA) is 22.1 Å². The third-order valence-corrected chi connectivity index (χ3v) is 3.99. The molecule has 0 N–H and O–H groups in total. The summed E-state index contributed by atoms with van der Waals surface area (Å²) in [5, 5.41) is 2.31. The molecule has 0 amide bonds. The van der Waals surface area contributed by atoms with Crippen molar-refractivity contribution in [2.45, 2.75) is 12.5 Å². The van der Waals surface area contributed by atoms with Crippen molar-refractivity contribution in [1.29, 1.82) is 0 Å². The minimum absolute atomic E-state index is 0.424. The van der Waals surface area contributed by atoms with Gasteiger partial charge in [0.2, 0.25) is 0 Å². The van der Waals surface area contributed by atoms with Crippen LogP contribution in [0.5, 0.6) is 5.75 Å². The Kier molecular flexibility index (Phi) is 4.42. The first kappa shape index (κ1) is 14.4. The Bertz CT molecular complexity index is 776. The second-order valence-electron chi connectivity index (χ2n) is 4.70. The van der Waals surface area contributed by atoms with Gasteiger partial charge in [-0.25, -0.2) is 0 Å². The molecule has 3 aromatic rings. The van der Waals surface area contributed by atoms with E-state index in [9.17, 15) is 0 Å². The number of ether oxygens (including phenoxy) is 1. The van der Waals surface area contributed by atoms with Gasteiger partial charge < -0.3 is 4.74 Å². The molecule has 0 radical (unpaired) electrons. The number of nitrogens with zero attached hydrogens (tertiary/aromatic N) is 1. The maximum atomic E-state index is 6.12. The van der Waals surface area contributed by atoms with Gasteiger partial charge in [-0.2, -0.15) is 0 Å². The molecule has 4 heteroatoms. The van der Waals surface area contributed by atoms with E-state index < -0.39 is 0 Å². The van der Waals surface area contributed by atoms with E-state index in [1.54, 1.807) is 12.4 Å². The van der Waals surface area contributed by atoms with Gasteiger partial charge in [0.1, 0.15) is 12.4 Å². The second-order valence-corrected chi connectivity index (χ2v) is 5.88. The standard InChI is InChI=1S/C17H13BrClNO/c18-14-7-12(9-20-10-14)11-21-17-6-5-13-3-1-2-4-15(13)16(17)8-19/h1-7,9-10H,8,11H2. The van der Waals surface area contributed by atoms with E-state index in [0.29, 0.717) is 12.5 Å². The maximum Gasteiger partial charge on any atom is 0.124 e. The van der Waals surface area contributed by atoms with Gasteiger partial charge in [-0.3, -0.25) is 4.98 Å². The van der Waals surface area contributed by atoms with Crippen LogP contribution >= 0.6 is 27.5 Å². The SMILES string of the molecule is ClCc1c(OCc2cncc(Br)c2)ccc2ccccc12. The van der Waals surface area contributed by atoms with Crippen LogP contribution in [-0.4, -0.2) is 4.98 Å². The minimum Gasteiger partial charge on any atom is -0.488 e. The summed E-state index contributed by atoms with van der Waals surface area (Å²) in [6, 6.07) is 14.2. The van der Waals surface area contributed by atoms with E-state index in [-0.39, 0.29) is 0 Å². The van der Waals surface area contributed by atoms with Gasteiger partial charge in [-0.15, -0.1) is 11.6 Å². The molecule has 0 unspecified atom stereocenters. The molecule has 0 spiro atoms. The number of benzene rings is 2. The summed E-state index contributed by atoms with van der Waals surface area (Å²) in [7, 11) is 0. The van der Waals surface area contributed by atoms with Crippen LogP contribution in [0.1, 0.15) is 11.1 Å². The number of aromatic nitrogens is 1. The molecule has 1 heterocycles. The van der Waals surface area contributed by atoms with Crippen LogP contribution in [-0.2, 0) is 12.5 Å². The Morgan fingerprint density at radius 2 is 1.95 bits per heavy atom. The van der Waals surface area contributed by atoms with Crippen molar-refractivity contribution in [2.75, 3.05) is 0 Å². The first-order chi connectivity index (χ1) is 10.3. The van der Waals surface area contributed by atoms with Gasteiger partial charge in [0, 0.05) is 28.0 Å². The Labute approximate surface area is 136 Å². The molecule has 0 aliphatic rings. The van der Waals surface area contributed by atoms with Crippen LogP contribution in [0.15, 0.2) is 59.3 Å². The monoisotopic (exact) mass is 361 g/mol. The molecule has 0 fully saturated rings. The highest BCUT2D eigenvalue weighted by Gasteiger charge is 2.08. The minimum atomic E-state index is 0.424. The van der Waals surface area contributed by atoms with Crippen LogP contribution in [0.4, 0.5) is 0 Å². The van der Waals surface area contributed by atoms with E-state index >= 15 is 0 Å². The molecule has 0 aliphatic carbocycles. The van der Waals surface area contributed by atoms with Crippen molar-refractivity contribution >= 4 is 38.3 Å². The van der Waals surface area contributed by atoms with Crippen molar-refractivity contribution in [1.82, 2.24) is 4.98 Å². The van der Waals surface area contributed by atoms with Crippen molar-refractivity contribution < 1.29 is 4.74 Å². The smallest absolute Gasteiger partial charge is 0.124 e. The van der Waals surface area contributed by atoms with Gasteiger partial charge in [-0.05, 0) is 38.8 Å². The van der Waals surface area contributed by atoms with Crippen LogP contribution in [0.2, 0.25) is 0 Å². The maximum absolute atomic E-state index is 6.12. The molecule has 0 atom stereocenters. The fraction of sp³-hybridized carbons (Fsp3) is 0.118. The molecular formula is C17H13BrClNO. The number of hydrogen-bond donors (Lipinski definition) is 0. The predicted octanol–water partition coefficient (Wildman–Crippen LogP) is 5.32. The molecule has 0 aliphatic heterocycles. The van der Waals surface area contributed by atoms with Crippen LogP contribution in [0.25, 0.3) is 10.8 Å². The van der Waals surface area contributed by atoms with Crippen LogP contribution in [0, 0.1) is 0 Å². The van der Waals surface area contributed by atoms with Gasteiger partial charge in [0.15, 0.2) is 0 Å². The Balaban J connectivity index is 1.90. The van der Waals surface area contributed by atoms with Gasteiger partial charge in [0.05, 0.1) is 5.88 Å². The molecule has 0 saturated heterocycles. The summed E-state index contributed by atoms with van der Waals surface area (Å²) in [5.41, 5.74) is 2.04. The fourth-order valence-corrected chi connectivity index (χ4v) is 2.97. The van der Waals surface area contributed by atoms with Crippen molar-refractivity contribution in [3.8, 4) is 5.75 Å². The zero-order valence-corrected chi connectivity index (χ0v) is 13.6. The molecule has 0 saturated carbocycles. The zero-order valence-electron chi connectivity index (χ0n) is 11.2. The van der Waals surface area contributed by atoms with Crippen LogP contribution < -0.4 is 4.74 Å². The van der Waals surface area contributed by atoms with E-state index in [4.69, 9.17) is 16.3 Å². The molecule has 2 nitrogen and oxygen atoms in total. The number of fused-ring (bicyclic) bond motifs is 1. The van der Waals surface area contributed by atoms with E-state index in [1.165, 1.54) is 5.39 Å². The Hall–Kier alpha value is -1.58. The van der Waals surface area contributed by atoms with Crippen molar-refractivity contribution in [3.05, 3.63) is 70.5 Å². The van der Waals surface area contributed by atoms with E-state index in [2.05, 4.69) is 39.1 Å². The Morgan fingerprint density at radius 1 is 1.10 bits per heavy atom. The highest BCUT2D eigenvalue weighted by molar-refractivity contribution is 9.10. The van der Waals surface area contributed by atoms with E-state index in [0.717, 1.165) is 26.7 Å². The molecular weight excluding hydrogens is 350 g/mol. The molecule has 106 valence electrons. The number of hydrogen-bond acceptors (Lipinski definition) is 2. The second kappa shape index (κ2) is 6.46. The first-order valence-corrected chi connectivity index (χ1v) is 7.89. The third kappa shape index (κ3) is 3.20. The molecule has 2 aromatic carbocycles. The molecule has 1 aromatic heterocycles. The Morgan fingerprint density at radius 3 is 2.76 bits per heavy atom. The summed E-state index contributed by atoms with van der Waals surface area (Å²) in [6.45, 7) is 0.467. The zero-order chi connectivity index (χ0) is 14.7. The lowest BCUT2D eigenvalue weighted by molar-refractivity contribution is 0.304. The van der Waals surface area contributed by atoms with Crippen molar-refractivity contribution in [2.24, 2.45) is 0 Å². The van der Waals surface area contributed by atoms with E-state index in [1.807, 2.05) is 24.3 Å². The molecule has 3 rings (SSSR count). The number of halogens is 2. The van der Waals surface area contributed by atoms with Gasteiger partial charge in [0.25, 0.3) is 0 Å². The van der Waals surface area contributed by atoms with Crippen molar-refractivity contribution in [3.63, 3.8) is 0 Å². The summed E-state index contributed by atoms with van der Waals surface area (Å²) >= 11 is 9.53. The largest absolute Gasteiger partial charge is 0.488 e. The predicted molar refractivity (Wildman–Crippen MR) is 89.8 cm³/mol. The third-order valence-electron chi connectivity index (χ3n) is 3.29. The van der Waals surface area contributed by atoms with Crippen LogP contribution in [0.3, 0.4) is 0 Å². The average Bonchev–Trinajstić information content (AvgIpc) is 2.52. The normalized spacial score (nSPS) is 10.8. The average molecular weight is 363 g/mol. The van der Waals surface area contributed by atoms with Gasteiger partial charge >= 0.3 is 0 Å². The fourth-order valence-electron chi connectivity index (χ4n) is 2.28. The highest BCUT2D eigenvalue weighted by atomic mass is 79.9. The lowest BCUT2D eigenvalue weighted by Crippen LogP contribution is -1.99. The van der Waals surface area contributed by atoms with Gasteiger partial charge in [-0.1, -0.05) is 30.3 Å². The lowest BCUT2D eigenvalue weighted by atomic mass is 10.0. The molecule has 0 bridgehead atoms. The molecule has 21 heavy (non-hydrogen) atoms. The summed E-state index contributed by atoms with van der Waals surface area (Å²) in [5.74, 6) is 1.25. The summed E-state index contributed by atoms with van der Waals surface area (Å²) in [4.78, 5) is 4.14.